The van der Waals surface area contributed by atoms with Gasteiger partial charge in [0, 0.05) is 0 Å². The van der Waals surface area contributed by atoms with Crippen molar-refractivity contribution in [1.29, 1.82) is 0 Å². The van der Waals surface area contributed by atoms with Gasteiger partial charge < -0.3 is 4.74 Å². The molecule has 2 nitrogen and oxygen atoms in total. The molecule has 0 spiro atoms. The van der Waals surface area contributed by atoms with Gasteiger partial charge in [-0.25, -0.2) is 4.79 Å². The fraction of sp³-hybridized carbons (Fsp3) is 0.806. The highest BCUT2D eigenvalue weighted by Crippen LogP contribution is 2.68. The lowest BCUT2D eigenvalue weighted by molar-refractivity contribution is -0.114. The molecule has 9 atom stereocenters. The molecular formula is C36H56O2. The molecule has 4 aliphatic rings. The summed E-state index contributed by atoms with van der Waals surface area (Å²) >= 11 is 0. The Labute approximate surface area is 234 Å². The number of hydrogen-bond acceptors (Lipinski definition) is 2. The molecule has 0 radical (unpaired) electrons. The van der Waals surface area contributed by atoms with Crippen LogP contribution in [0.3, 0.4) is 0 Å². The first-order valence-corrected chi connectivity index (χ1v) is 16.5. The van der Waals surface area contributed by atoms with E-state index < -0.39 is 0 Å². The first-order chi connectivity index (χ1) is 18.2. The number of rotatable bonds is 9. The van der Waals surface area contributed by atoms with Crippen molar-refractivity contribution in [2.75, 3.05) is 6.61 Å². The average Bonchev–Trinajstić information content (AvgIpc) is 3.27. The Morgan fingerprint density at radius 2 is 1.61 bits per heavy atom. The lowest BCUT2D eigenvalue weighted by Crippen LogP contribution is -2.53. The standard InChI is InChI=1S/C36H56O2/c1-25(2)27(21-24-38-34(37)28-11-7-6-8-12-28)15-14-26(3)31-18-19-32-30-17-16-29-13-9-10-22-35(29,4)33(30)20-23-36(31,32)5/h6-8,11-12,25-27,29-33H,9-10,13-24H2,1-5H3/t26-,27+,29?,30+,31-,32+,33+,35+,36-/m1/s1. The Kier molecular flexibility index (Phi) is 8.66. The van der Waals surface area contributed by atoms with Gasteiger partial charge in [0.15, 0.2) is 0 Å². The topological polar surface area (TPSA) is 26.3 Å². The van der Waals surface area contributed by atoms with Gasteiger partial charge in [-0.05, 0) is 135 Å². The van der Waals surface area contributed by atoms with Gasteiger partial charge >= 0.3 is 5.97 Å². The molecule has 38 heavy (non-hydrogen) atoms. The maximum Gasteiger partial charge on any atom is 0.338 e. The molecule has 212 valence electrons. The molecule has 1 aromatic carbocycles. The van der Waals surface area contributed by atoms with Crippen molar-refractivity contribution in [3.8, 4) is 0 Å². The largest absolute Gasteiger partial charge is 0.462 e. The molecule has 0 heterocycles. The molecule has 5 rings (SSSR count). The molecule has 2 heteroatoms. The molecule has 0 N–H and O–H groups in total. The van der Waals surface area contributed by atoms with Crippen molar-refractivity contribution in [3.63, 3.8) is 0 Å². The monoisotopic (exact) mass is 520 g/mol. The minimum absolute atomic E-state index is 0.182. The Morgan fingerprint density at radius 3 is 2.37 bits per heavy atom. The van der Waals surface area contributed by atoms with E-state index in [2.05, 4.69) is 34.6 Å². The van der Waals surface area contributed by atoms with Crippen LogP contribution in [0.15, 0.2) is 30.3 Å². The smallest absolute Gasteiger partial charge is 0.338 e. The Morgan fingerprint density at radius 1 is 0.842 bits per heavy atom. The van der Waals surface area contributed by atoms with E-state index in [4.69, 9.17) is 4.74 Å². The summed E-state index contributed by atoms with van der Waals surface area (Å²) in [7, 11) is 0. The van der Waals surface area contributed by atoms with E-state index in [1.54, 1.807) is 0 Å². The highest BCUT2D eigenvalue weighted by atomic mass is 16.5. The fourth-order valence-electron chi connectivity index (χ4n) is 10.7. The van der Waals surface area contributed by atoms with Crippen LogP contribution in [0, 0.1) is 58.2 Å². The molecule has 0 saturated heterocycles. The van der Waals surface area contributed by atoms with Gasteiger partial charge in [-0.3, -0.25) is 0 Å². The predicted molar refractivity (Wildman–Crippen MR) is 158 cm³/mol. The Bertz CT molecular complexity index is 923. The number of carbonyl (C=O) groups excluding carboxylic acids is 1. The van der Waals surface area contributed by atoms with Crippen LogP contribution in [-0.2, 0) is 4.74 Å². The van der Waals surface area contributed by atoms with E-state index in [9.17, 15) is 4.79 Å². The first kappa shape index (κ1) is 28.2. The lowest BCUT2D eigenvalue weighted by atomic mass is 9.44. The van der Waals surface area contributed by atoms with Crippen LogP contribution in [0.25, 0.3) is 0 Å². The van der Waals surface area contributed by atoms with Crippen molar-refractivity contribution < 1.29 is 9.53 Å². The van der Waals surface area contributed by atoms with Crippen LogP contribution < -0.4 is 0 Å². The van der Waals surface area contributed by atoms with Crippen LogP contribution in [0.4, 0.5) is 0 Å². The Hall–Kier alpha value is -1.31. The van der Waals surface area contributed by atoms with E-state index in [0.29, 0.717) is 34.8 Å². The molecule has 0 aromatic heterocycles. The molecule has 1 unspecified atom stereocenters. The summed E-state index contributed by atoms with van der Waals surface area (Å²) in [5, 5.41) is 0. The van der Waals surface area contributed by atoms with Gasteiger partial charge in [0.05, 0.1) is 12.2 Å². The van der Waals surface area contributed by atoms with Gasteiger partial charge in [0.25, 0.3) is 0 Å². The number of hydrogen-bond donors (Lipinski definition) is 0. The van der Waals surface area contributed by atoms with Crippen LogP contribution in [0.1, 0.15) is 128 Å². The van der Waals surface area contributed by atoms with Crippen LogP contribution in [-0.4, -0.2) is 12.6 Å². The van der Waals surface area contributed by atoms with E-state index in [1.807, 2.05) is 30.3 Å². The number of benzene rings is 1. The van der Waals surface area contributed by atoms with Crippen molar-refractivity contribution >= 4 is 5.97 Å². The van der Waals surface area contributed by atoms with Crippen molar-refractivity contribution in [2.24, 2.45) is 58.2 Å². The number of esters is 1. The zero-order valence-electron chi connectivity index (χ0n) is 25.2. The summed E-state index contributed by atoms with van der Waals surface area (Å²) < 4.78 is 5.66. The second-order valence-electron chi connectivity index (χ2n) is 15.0. The SMILES string of the molecule is CC(C)[C@H](CCOC(=O)c1ccccc1)CC[C@@H](C)[C@H]1CC[C@H]2[C@@H]3CCC4CCCC[C@]4(C)[C@H]3CC[C@]12C. The highest BCUT2D eigenvalue weighted by Gasteiger charge is 2.60. The molecule has 4 aliphatic carbocycles. The second kappa shape index (κ2) is 11.7. The molecule has 1 aromatic rings. The maximum atomic E-state index is 12.4. The molecule has 4 saturated carbocycles. The average molecular weight is 521 g/mol. The quantitative estimate of drug-likeness (QED) is 0.303. The van der Waals surface area contributed by atoms with Gasteiger partial charge in [-0.15, -0.1) is 0 Å². The van der Waals surface area contributed by atoms with Crippen LogP contribution in [0.2, 0.25) is 0 Å². The van der Waals surface area contributed by atoms with E-state index in [0.717, 1.165) is 41.9 Å². The van der Waals surface area contributed by atoms with Gasteiger partial charge in [-0.1, -0.05) is 72.1 Å². The number of fused-ring (bicyclic) bond motifs is 5. The molecule has 0 bridgehead atoms. The van der Waals surface area contributed by atoms with Crippen LogP contribution in [0.5, 0.6) is 0 Å². The summed E-state index contributed by atoms with van der Waals surface area (Å²) in [6, 6.07) is 9.42. The summed E-state index contributed by atoms with van der Waals surface area (Å²) in [6.07, 6.45) is 18.6. The zero-order valence-corrected chi connectivity index (χ0v) is 25.2. The summed E-state index contributed by atoms with van der Waals surface area (Å²) in [4.78, 5) is 12.4. The first-order valence-electron chi connectivity index (χ1n) is 16.5. The number of carbonyl (C=O) groups is 1. The van der Waals surface area contributed by atoms with E-state index >= 15 is 0 Å². The molecule has 4 fully saturated rings. The molecule has 0 aliphatic heterocycles. The predicted octanol–water partition coefficient (Wildman–Crippen LogP) is 9.97. The summed E-state index contributed by atoms with van der Waals surface area (Å²) in [5.41, 5.74) is 1.88. The van der Waals surface area contributed by atoms with Gasteiger partial charge in [0.2, 0.25) is 0 Å². The minimum Gasteiger partial charge on any atom is -0.462 e. The lowest BCUT2D eigenvalue weighted by Gasteiger charge is -2.61. The van der Waals surface area contributed by atoms with Crippen LogP contribution >= 0.6 is 0 Å². The summed E-state index contributed by atoms with van der Waals surface area (Å²) in [5.74, 6) is 6.80. The zero-order chi connectivity index (χ0) is 26.9. The second-order valence-corrected chi connectivity index (χ2v) is 15.0. The normalized spacial score (nSPS) is 38.1. The third kappa shape index (κ3) is 5.36. The third-order valence-corrected chi connectivity index (χ3v) is 13.0. The van der Waals surface area contributed by atoms with Gasteiger partial charge in [-0.2, -0.15) is 0 Å². The van der Waals surface area contributed by atoms with E-state index in [-0.39, 0.29) is 5.97 Å². The van der Waals surface area contributed by atoms with E-state index in [1.165, 1.54) is 77.0 Å². The Balaban J connectivity index is 1.15. The number of ether oxygens (including phenoxy) is 1. The fourth-order valence-corrected chi connectivity index (χ4v) is 10.7. The van der Waals surface area contributed by atoms with Gasteiger partial charge in [0.1, 0.15) is 0 Å². The van der Waals surface area contributed by atoms with Crippen molar-refractivity contribution in [1.82, 2.24) is 0 Å². The maximum absolute atomic E-state index is 12.4. The highest BCUT2D eigenvalue weighted by molar-refractivity contribution is 5.89. The molecule has 0 amide bonds. The minimum atomic E-state index is -0.182. The summed E-state index contributed by atoms with van der Waals surface area (Å²) in [6.45, 7) is 13.3. The van der Waals surface area contributed by atoms with Crippen molar-refractivity contribution in [2.45, 2.75) is 118 Å². The van der Waals surface area contributed by atoms with Crippen molar-refractivity contribution in [3.05, 3.63) is 35.9 Å². The molecular weight excluding hydrogens is 464 g/mol. The third-order valence-electron chi connectivity index (χ3n) is 13.0.